The summed E-state index contributed by atoms with van der Waals surface area (Å²) in [4.78, 5) is 2.51. The lowest BCUT2D eigenvalue weighted by molar-refractivity contribution is 0.0644. The molecule has 0 aromatic carbocycles. The SMILES string of the molecule is COCC(O)CNCCCN(C)C1CCCCC1. The van der Waals surface area contributed by atoms with E-state index in [1.165, 1.54) is 32.1 Å². The van der Waals surface area contributed by atoms with Gasteiger partial charge in [0, 0.05) is 19.7 Å². The molecule has 1 atom stereocenters. The zero-order valence-corrected chi connectivity index (χ0v) is 12.0. The van der Waals surface area contributed by atoms with Crippen molar-refractivity contribution in [2.45, 2.75) is 50.7 Å². The van der Waals surface area contributed by atoms with E-state index in [9.17, 15) is 5.11 Å². The van der Waals surface area contributed by atoms with Crippen molar-refractivity contribution < 1.29 is 9.84 Å². The summed E-state index contributed by atoms with van der Waals surface area (Å²) in [5.74, 6) is 0. The van der Waals surface area contributed by atoms with Crippen molar-refractivity contribution in [1.29, 1.82) is 0 Å². The van der Waals surface area contributed by atoms with E-state index < -0.39 is 0 Å². The Kier molecular flexibility index (Phi) is 8.59. The van der Waals surface area contributed by atoms with Gasteiger partial charge in [-0.1, -0.05) is 19.3 Å². The van der Waals surface area contributed by atoms with Crippen LogP contribution in [0.3, 0.4) is 0 Å². The molecular formula is C14H30N2O2. The van der Waals surface area contributed by atoms with Gasteiger partial charge in [0.1, 0.15) is 0 Å². The molecule has 0 aromatic heterocycles. The van der Waals surface area contributed by atoms with Gasteiger partial charge in [0.15, 0.2) is 0 Å². The van der Waals surface area contributed by atoms with Crippen LogP contribution >= 0.6 is 0 Å². The second kappa shape index (κ2) is 9.73. The number of hydrogen-bond donors (Lipinski definition) is 2. The van der Waals surface area contributed by atoms with E-state index in [1.54, 1.807) is 7.11 Å². The molecule has 0 aromatic rings. The van der Waals surface area contributed by atoms with Crippen LogP contribution in [-0.2, 0) is 4.74 Å². The molecule has 4 nitrogen and oxygen atoms in total. The topological polar surface area (TPSA) is 44.7 Å². The van der Waals surface area contributed by atoms with Crippen LogP contribution < -0.4 is 5.32 Å². The fourth-order valence-electron chi connectivity index (χ4n) is 2.68. The molecule has 1 saturated carbocycles. The highest BCUT2D eigenvalue weighted by Gasteiger charge is 2.17. The Hall–Kier alpha value is -0.160. The first-order chi connectivity index (χ1) is 8.74. The third-order valence-electron chi connectivity index (χ3n) is 3.80. The molecule has 0 bridgehead atoms. The highest BCUT2D eigenvalue weighted by Crippen LogP contribution is 2.21. The molecule has 1 aliphatic rings. The summed E-state index contributed by atoms with van der Waals surface area (Å²) in [6, 6.07) is 0.804. The van der Waals surface area contributed by atoms with Gasteiger partial charge in [-0.3, -0.25) is 0 Å². The van der Waals surface area contributed by atoms with Crippen molar-refractivity contribution in [2.75, 3.05) is 40.4 Å². The van der Waals surface area contributed by atoms with E-state index in [4.69, 9.17) is 4.74 Å². The van der Waals surface area contributed by atoms with Gasteiger partial charge in [-0.15, -0.1) is 0 Å². The molecule has 1 unspecified atom stereocenters. The summed E-state index contributed by atoms with van der Waals surface area (Å²) in [6.07, 6.45) is 7.72. The van der Waals surface area contributed by atoms with Crippen molar-refractivity contribution >= 4 is 0 Å². The van der Waals surface area contributed by atoms with Gasteiger partial charge in [0.2, 0.25) is 0 Å². The highest BCUT2D eigenvalue weighted by atomic mass is 16.5. The Labute approximate surface area is 112 Å². The van der Waals surface area contributed by atoms with Crippen molar-refractivity contribution in [1.82, 2.24) is 10.2 Å². The van der Waals surface area contributed by atoms with E-state index in [-0.39, 0.29) is 6.10 Å². The fourth-order valence-corrected chi connectivity index (χ4v) is 2.68. The molecule has 2 N–H and O–H groups in total. The average molecular weight is 258 g/mol. The third-order valence-corrected chi connectivity index (χ3v) is 3.80. The summed E-state index contributed by atoms with van der Waals surface area (Å²) < 4.78 is 4.88. The van der Waals surface area contributed by atoms with Gasteiger partial charge in [0.05, 0.1) is 12.7 Å². The van der Waals surface area contributed by atoms with E-state index in [1.807, 2.05) is 0 Å². The molecule has 0 radical (unpaired) electrons. The smallest absolute Gasteiger partial charge is 0.0897 e. The van der Waals surface area contributed by atoms with Gasteiger partial charge in [0.25, 0.3) is 0 Å². The Morgan fingerprint density at radius 3 is 2.72 bits per heavy atom. The van der Waals surface area contributed by atoms with E-state index >= 15 is 0 Å². The molecule has 1 fully saturated rings. The van der Waals surface area contributed by atoms with E-state index in [0.717, 1.165) is 25.6 Å². The van der Waals surface area contributed by atoms with E-state index in [2.05, 4.69) is 17.3 Å². The number of rotatable bonds is 9. The number of methoxy groups -OCH3 is 1. The highest BCUT2D eigenvalue weighted by molar-refractivity contribution is 4.73. The number of hydrogen-bond acceptors (Lipinski definition) is 4. The van der Waals surface area contributed by atoms with Crippen LogP contribution in [0.2, 0.25) is 0 Å². The Morgan fingerprint density at radius 1 is 1.33 bits per heavy atom. The summed E-state index contributed by atoms with van der Waals surface area (Å²) in [5, 5.41) is 12.7. The molecule has 1 rings (SSSR count). The van der Waals surface area contributed by atoms with Crippen LogP contribution in [0.15, 0.2) is 0 Å². The fraction of sp³-hybridized carbons (Fsp3) is 1.00. The summed E-state index contributed by atoms with van der Waals surface area (Å²) in [7, 11) is 3.86. The minimum absolute atomic E-state index is 0.383. The zero-order chi connectivity index (χ0) is 13.2. The maximum atomic E-state index is 9.46. The normalized spacial score (nSPS) is 19.3. The lowest BCUT2D eigenvalue weighted by Gasteiger charge is -2.31. The average Bonchev–Trinajstić information content (AvgIpc) is 2.39. The van der Waals surface area contributed by atoms with Gasteiger partial charge in [-0.25, -0.2) is 0 Å². The van der Waals surface area contributed by atoms with Crippen LogP contribution in [-0.4, -0.2) is 62.6 Å². The Balaban J connectivity index is 1.96. The lowest BCUT2D eigenvalue weighted by Crippen LogP contribution is -2.36. The molecule has 1 aliphatic carbocycles. The molecule has 0 heterocycles. The Morgan fingerprint density at radius 2 is 2.06 bits per heavy atom. The predicted molar refractivity (Wildman–Crippen MR) is 74.9 cm³/mol. The van der Waals surface area contributed by atoms with Crippen molar-refractivity contribution in [3.05, 3.63) is 0 Å². The first kappa shape index (κ1) is 15.9. The van der Waals surface area contributed by atoms with Crippen molar-refractivity contribution in [3.63, 3.8) is 0 Å². The molecule has 0 amide bonds. The van der Waals surface area contributed by atoms with Gasteiger partial charge in [-0.2, -0.15) is 0 Å². The van der Waals surface area contributed by atoms with Gasteiger partial charge >= 0.3 is 0 Å². The van der Waals surface area contributed by atoms with Crippen molar-refractivity contribution in [3.8, 4) is 0 Å². The summed E-state index contributed by atoms with van der Waals surface area (Å²) >= 11 is 0. The van der Waals surface area contributed by atoms with Crippen molar-refractivity contribution in [2.24, 2.45) is 0 Å². The molecular weight excluding hydrogens is 228 g/mol. The first-order valence-electron chi connectivity index (χ1n) is 7.32. The lowest BCUT2D eigenvalue weighted by atomic mass is 9.94. The standard InChI is InChI=1S/C14H30N2O2/c1-16(13-7-4-3-5-8-13)10-6-9-15-11-14(17)12-18-2/h13-15,17H,3-12H2,1-2H3. The molecule has 0 aliphatic heterocycles. The minimum Gasteiger partial charge on any atom is -0.389 e. The van der Waals surface area contributed by atoms with Crippen LogP contribution in [0.4, 0.5) is 0 Å². The van der Waals surface area contributed by atoms with Crippen LogP contribution in [0.5, 0.6) is 0 Å². The largest absolute Gasteiger partial charge is 0.389 e. The number of ether oxygens (including phenoxy) is 1. The second-order valence-electron chi connectivity index (χ2n) is 5.44. The number of nitrogens with zero attached hydrogens (tertiary/aromatic N) is 1. The molecule has 108 valence electrons. The molecule has 0 spiro atoms. The monoisotopic (exact) mass is 258 g/mol. The maximum absolute atomic E-state index is 9.46. The Bertz CT molecular complexity index is 196. The zero-order valence-electron chi connectivity index (χ0n) is 12.0. The van der Waals surface area contributed by atoms with Crippen LogP contribution in [0.25, 0.3) is 0 Å². The van der Waals surface area contributed by atoms with Gasteiger partial charge < -0.3 is 20.1 Å². The maximum Gasteiger partial charge on any atom is 0.0897 e. The first-order valence-corrected chi connectivity index (χ1v) is 7.32. The summed E-state index contributed by atoms with van der Waals surface area (Å²) in [6.45, 7) is 3.16. The molecule has 18 heavy (non-hydrogen) atoms. The van der Waals surface area contributed by atoms with E-state index in [0.29, 0.717) is 13.2 Å². The molecule has 4 heteroatoms. The predicted octanol–water partition coefficient (Wildman–Crippen LogP) is 1.24. The van der Waals surface area contributed by atoms with Gasteiger partial charge in [-0.05, 0) is 39.4 Å². The third kappa shape index (κ3) is 6.69. The second-order valence-corrected chi connectivity index (χ2v) is 5.44. The number of nitrogens with one attached hydrogen (secondary N) is 1. The molecule has 0 saturated heterocycles. The van der Waals surface area contributed by atoms with Crippen LogP contribution in [0.1, 0.15) is 38.5 Å². The number of aliphatic hydroxyl groups excluding tert-OH is 1. The summed E-state index contributed by atoms with van der Waals surface area (Å²) in [5.41, 5.74) is 0. The quantitative estimate of drug-likeness (QED) is 0.611. The number of aliphatic hydroxyl groups is 1. The van der Waals surface area contributed by atoms with Crippen LogP contribution in [0, 0.1) is 0 Å². The minimum atomic E-state index is -0.383.